The molecule has 5 nitrogen and oxygen atoms in total. The topological polar surface area (TPSA) is 42.0 Å². The monoisotopic (exact) mass is 304 g/mol. The van der Waals surface area contributed by atoms with E-state index >= 15 is 0 Å². The number of ether oxygens (including phenoxy) is 2. The quantitative estimate of drug-likeness (QED) is 0.793. The molecule has 1 unspecified atom stereocenters. The maximum atomic E-state index is 12.0. The molecule has 1 aromatic carbocycles. The second kappa shape index (κ2) is 7.11. The van der Waals surface area contributed by atoms with E-state index in [1.165, 1.54) is 20.0 Å². The summed E-state index contributed by atoms with van der Waals surface area (Å²) < 4.78 is 10.4. The van der Waals surface area contributed by atoms with E-state index in [2.05, 4.69) is 9.80 Å². The first-order chi connectivity index (χ1) is 10.8. The van der Waals surface area contributed by atoms with Gasteiger partial charge in [-0.25, -0.2) is 4.79 Å². The molecule has 0 saturated carbocycles. The molecule has 1 aromatic rings. The van der Waals surface area contributed by atoms with Crippen molar-refractivity contribution in [2.75, 3.05) is 51.4 Å². The van der Waals surface area contributed by atoms with E-state index in [4.69, 9.17) is 9.47 Å². The molecule has 2 fully saturated rings. The van der Waals surface area contributed by atoms with E-state index in [9.17, 15) is 4.79 Å². The van der Waals surface area contributed by atoms with Gasteiger partial charge in [0.1, 0.15) is 0 Å². The van der Waals surface area contributed by atoms with Crippen molar-refractivity contribution in [1.82, 2.24) is 4.90 Å². The highest BCUT2D eigenvalue weighted by Gasteiger charge is 2.29. The SMILES string of the molecule is COC(=O)c1ccccc1N1CCCC1CN1CCOCC1. The number of methoxy groups -OCH3 is 1. The molecule has 0 bridgehead atoms. The van der Waals surface area contributed by atoms with E-state index in [0.29, 0.717) is 11.6 Å². The molecule has 120 valence electrons. The van der Waals surface area contributed by atoms with E-state index in [-0.39, 0.29) is 5.97 Å². The third kappa shape index (κ3) is 3.25. The van der Waals surface area contributed by atoms with E-state index in [1.807, 2.05) is 24.3 Å². The van der Waals surface area contributed by atoms with Crippen molar-refractivity contribution < 1.29 is 14.3 Å². The van der Waals surface area contributed by atoms with Crippen LogP contribution in [-0.2, 0) is 9.47 Å². The van der Waals surface area contributed by atoms with Gasteiger partial charge >= 0.3 is 5.97 Å². The highest BCUT2D eigenvalue weighted by atomic mass is 16.5. The number of hydrogen-bond donors (Lipinski definition) is 0. The zero-order chi connectivity index (χ0) is 15.4. The Morgan fingerprint density at radius 3 is 2.82 bits per heavy atom. The van der Waals surface area contributed by atoms with Gasteiger partial charge in [0.15, 0.2) is 0 Å². The van der Waals surface area contributed by atoms with Crippen molar-refractivity contribution >= 4 is 11.7 Å². The van der Waals surface area contributed by atoms with Crippen LogP contribution in [0.2, 0.25) is 0 Å². The first-order valence-electron chi connectivity index (χ1n) is 8.03. The smallest absolute Gasteiger partial charge is 0.339 e. The largest absolute Gasteiger partial charge is 0.465 e. The van der Waals surface area contributed by atoms with Crippen LogP contribution in [0.3, 0.4) is 0 Å². The van der Waals surface area contributed by atoms with Gasteiger partial charge in [0.2, 0.25) is 0 Å². The van der Waals surface area contributed by atoms with E-state index in [0.717, 1.165) is 45.1 Å². The number of rotatable bonds is 4. The number of hydrogen-bond acceptors (Lipinski definition) is 5. The highest BCUT2D eigenvalue weighted by Crippen LogP contribution is 2.29. The number of para-hydroxylation sites is 1. The first-order valence-corrected chi connectivity index (χ1v) is 8.03. The second-order valence-electron chi connectivity index (χ2n) is 5.91. The number of benzene rings is 1. The third-order valence-corrected chi connectivity index (χ3v) is 4.57. The molecule has 0 aromatic heterocycles. The molecule has 3 rings (SSSR count). The Labute approximate surface area is 131 Å². The molecule has 0 radical (unpaired) electrons. The maximum Gasteiger partial charge on any atom is 0.339 e. The number of morpholine rings is 1. The summed E-state index contributed by atoms with van der Waals surface area (Å²) in [4.78, 5) is 16.9. The summed E-state index contributed by atoms with van der Waals surface area (Å²) >= 11 is 0. The van der Waals surface area contributed by atoms with Gasteiger partial charge in [-0.1, -0.05) is 12.1 Å². The normalized spacial score (nSPS) is 22.8. The first kappa shape index (κ1) is 15.3. The molecule has 0 spiro atoms. The summed E-state index contributed by atoms with van der Waals surface area (Å²) in [6.07, 6.45) is 2.34. The maximum absolute atomic E-state index is 12.0. The zero-order valence-electron chi connectivity index (χ0n) is 13.2. The molecule has 22 heavy (non-hydrogen) atoms. The lowest BCUT2D eigenvalue weighted by Crippen LogP contribution is -2.45. The van der Waals surface area contributed by atoms with Crippen LogP contribution in [0.1, 0.15) is 23.2 Å². The number of anilines is 1. The third-order valence-electron chi connectivity index (χ3n) is 4.57. The molecular weight excluding hydrogens is 280 g/mol. The molecule has 0 amide bonds. The van der Waals surface area contributed by atoms with Gasteiger partial charge in [-0.3, -0.25) is 4.90 Å². The van der Waals surface area contributed by atoms with Crippen LogP contribution in [0, 0.1) is 0 Å². The lowest BCUT2D eigenvalue weighted by atomic mass is 10.1. The van der Waals surface area contributed by atoms with E-state index < -0.39 is 0 Å². The lowest BCUT2D eigenvalue weighted by molar-refractivity contribution is 0.0355. The minimum atomic E-state index is -0.257. The van der Waals surface area contributed by atoms with E-state index in [1.54, 1.807) is 0 Å². The Bertz CT molecular complexity index is 514. The molecule has 2 aliphatic heterocycles. The Kier molecular flexibility index (Phi) is 4.95. The van der Waals surface area contributed by atoms with Crippen LogP contribution < -0.4 is 4.90 Å². The summed E-state index contributed by atoms with van der Waals surface area (Å²) in [5, 5.41) is 0. The van der Waals surface area contributed by atoms with Gasteiger partial charge in [-0.05, 0) is 25.0 Å². The van der Waals surface area contributed by atoms with Gasteiger partial charge < -0.3 is 14.4 Å². The highest BCUT2D eigenvalue weighted by molar-refractivity contribution is 5.95. The molecule has 0 N–H and O–H groups in total. The van der Waals surface area contributed by atoms with Crippen LogP contribution in [0.25, 0.3) is 0 Å². The van der Waals surface area contributed by atoms with Gasteiger partial charge in [0.05, 0.1) is 31.6 Å². The van der Waals surface area contributed by atoms with Gasteiger partial charge in [-0.2, -0.15) is 0 Å². The van der Waals surface area contributed by atoms with Crippen molar-refractivity contribution in [3.05, 3.63) is 29.8 Å². The minimum Gasteiger partial charge on any atom is -0.465 e. The molecular formula is C17H24N2O3. The second-order valence-corrected chi connectivity index (χ2v) is 5.91. The fourth-order valence-electron chi connectivity index (χ4n) is 3.43. The van der Waals surface area contributed by atoms with Gasteiger partial charge in [0.25, 0.3) is 0 Å². The predicted octanol–water partition coefficient (Wildman–Crippen LogP) is 1.77. The van der Waals surface area contributed by atoms with Crippen molar-refractivity contribution in [1.29, 1.82) is 0 Å². The van der Waals surface area contributed by atoms with Crippen LogP contribution in [0.15, 0.2) is 24.3 Å². The van der Waals surface area contributed by atoms with Gasteiger partial charge in [-0.15, -0.1) is 0 Å². The van der Waals surface area contributed by atoms with Crippen LogP contribution in [-0.4, -0.2) is 63.4 Å². The summed E-state index contributed by atoms with van der Waals surface area (Å²) in [7, 11) is 1.44. The average molecular weight is 304 g/mol. The molecule has 1 atom stereocenters. The fourth-order valence-corrected chi connectivity index (χ4v) is 3.43. The Morgan fingerprint density at radius 2 is 2.05 bits per heavy atom. The Hall–Kier alpha value is -1.59. The summed E-state index contributed by atoms with van der Waals surface area (Å²) in [5.41, 5.74) is 1.67. The average Bonchev–Trinajstić information content (AvgIpc) is 3.03. The zero-order valence-corrected chi connectivity index (χ0v) is 13.2. The van der Waals surface area contributed by atoms with Crippen molar-refractivity contribution in [2.45, 2.75) is 18.9 Å². The van der Waals surface area contributed by atoms with Crippen molar-refractivity contribution in [3.8, 4) is 0 Å². The number of nitrogens with zero attached hydrogens (tertiary/aromatic N) is 2. The molecule has 2 heterocycles. The summed E-state index contributed by atoms with van der Waals surface area (Å²) in [5.74, 6) is -0.257. The molecule has 2 aliphatic rings. The number of esters is 1. The summed E-state index contributed by atoms with van der Waals surface area (Å²) in [6, 6.07) is 8.23. The number of carbonyl (C=O) groups excluding carboxylic acids is 1. The summed E-state index contributed by atoms with van der Waals surface area (Å²) in [6.45, 7) is 5.70. The van der Waals surface area contributed by atoms with Crippen LogP contribution in [0.4, 0.5) is 5.69 Å². The Morgan fingerprint density at radius 1 is 1.27 bits per heavy atom. The minimum absolute atomic E-state index is 0.257. The molecule has 5 heteroatoms. The lowest BCUT2D eigenvalue weighted by Gasteiger charge is -2.34. The van der Waals surface area contributed by atoms with Gasteiger partial charge in [0, 0.05) is 32.2 Å². The van der Waals surface area contributed by atoms with Crippen molar-refractivity contribution in [2.24, 2.45) is 0 Å². The predicted molar refractivity (Wildman–Crippen MR) is 85.4 cm³/mol. The molecule has 0 aliphatic carbocycles. The fraction of sp³-hybridized carbons (Fsp3) is 0.588. The molecule has 2 saturated heterocycles. The van der Waals surface area contributed by atoms with Crippen LogP contribution in [0.5, 0.6) is 0 Å². The number of carbonyl (C=O) groups is 1. The Balaban J connectivity index is 1.76. The van der Waals surface area contributed by atoms with Crippen molar-refractivity contribution in [3.63, 3.8) is 0 Å². The standard InChI is InChI=1S/C17H24N2O3/c1-21-17(20)15-6-2-3-7-16(15)19-8-4-5-14(19)13-18-9-11-22-12-10-18/h2-3,6-7,14H,4-5,8-13H2,1H3. The van der Waals surface area contributed by atoms with Crippen LogP contribution >= 0.6 is 0 Å².